The van der Waals surface area contributed by atoms with Crippen LogP contribution in [0.4, 0.5) is 0 Å². The minimum absolute atomic E-state index is 0.0941. The summed E-state index contributed by atoms with van der Waals surface area (Å²) < 4.78 is 29.8. The number of esters is 1. The first-order chi connectivity index (χ1) is 16.6. The Morgan fingerprint density at radius 2 is 1.83 bits per heavy atom. The maximum atomic E-state index is 13.0. The lowest BCUT2D eigenvalue weighted by atomic mass is 10.0. The third-order valence-corrected chi connectivity index (χ3v) is 7.54. The molecule has 1 N–H and O–H groups in total. The third kappa shape index (κ3) is 7.43. The predicted octanol–water partition coefficient (Wildman–Crippen LogP) is 3.66. The van der Waals surface area contributed by atoms with Gasteiger partial charge in [0.1, 0.15) is 24.4 Å². The van der Waals surface area contributed by atoms with Gasteiger partial charge in [-0.1, -0.05) is 51.1 Å². The first kappa shape index (κ1) is 27.9. The lowest BCUT2D eigenvalue weighted by Crippen LogP contribution is -2.47. The summed E-state index contributed by atoms with van der Waals surface area (Å²) in [6, 6.07) is 9.18. The van der Waals surface area contributed by atoms with E-state index in [1.807, 2.05) is 58.0 Å². The highest BCUT2D eigenvalue weighted by molar-refractivity contribution is 7.99. The summed E-state index contributed by atoms with van der Waals surface area (Å²) in [6.07, 6.45) is -0.649. The summed E-state index contributed by atoms with van der Waals surface area (Å²) in [7, 11) is 1.32. The number of benzene rings is 1. The van der Waals surface area contributed by atoms with Crippen LogP contribution in [0.1, 0.15) is 53.0 Å². The Morgan fingerprint density at radius 1 is 1.14 bits per heavy atom. The molecule has 2 saturated heterocycles. The van der Waals surface area contributed by atoms with Crippen molar-refractivity contribution in [2.24, 2.45) is 5.92 Å². The number of thioether (sulfide) groups is 1. The minimum Gasteiger partial charge on any atom is -0.467 e. The van der Waals surface area contributed by atoms with Crippen molar-refractivity contribution in [1.82, 2.24) is 5.32 Å². The first-order valence-electron chi connectivity index (χ1n) is 12.3. The lowest BCUT2D eigenvalue weighted by molar-refractivity contribution is -0.236. The molecule has 1 aromatic carbocycles. The molecule has 0 aromatic heterocycles. The molecule has 0 spiro atoms. The van der Waals surface area contributed by atoms with E-state index in [1.165, 1.54) is 7.11 Å². The van der Waals surface area contributed by atoms with Crippen molar-refractivity contribution >= 4 is 23.6 Å². The largest absolute Gasteiger partial charge is 0.467 e. The molecule has 35 heavy (non-hydrogen) atoms. The highest BCUT2D eigenvalue weighted by atomic mass is 32.2. The number of nitrogens with one attached hydrogen (secondary N) is 1. The summed E-state index contributed by atoms with van der Waals surface area (Å²) in [5, 5.41) is 2.65. The lowest BCUT2D eigenvalue weighted by Gasteiger charge is -2.29. The second kappa shape index (κ2) is 12.5. The average Bonchev–Trinajstić information content (AvgIpc) is 3.31. The smallest absolute Gasteiger partial charge is 0.328 e. The number of amides is 1. The predicted molar refractivity (Wildman–Crippen MR) is 134 cm³/mol. The average molecular weight is 510 g/mol. The van der Waals surface area contributed by atoms with Crippen molar-refractivity contribution in [3.8, 4) is 0 Å². The molecule has 0 radical (unpaired) electrons. The van der Waals surface area contributed by atoms with Gasteiger partial charge in [0.2, 0.25) is 5.91 Å². The third-order valence-electron chi connectivity index (χ3n) is 6.03. The number of hydrogen-bond acceptors (Lipinski definition) is 8. The first-order valence-corrected chi connectivity index (χ1v) is 13.4. The van der Waals surface area contributed by atoms with Crippen molar-refractivity contribution < 1.29 is 33.3 Å². The van der Waals surface area contributed by atoms with Gasteiger partial charge in [0.05, 0.1) is 13.7 Å². The fourth-order valence-electron chi connectivity index (χ4n) is 4.36. The Hall–Kier alpha value is -1.65. The van der Waals surface area contributed by atoms with Crippen LogP contribution in [0, 0.1) is 5.92 Å². The molecule has 0 saturated carbocycles. The van der Waals surface area contributed by atoms with Crippen molar-refractivity contribution in [3.05, 3.63) is 35.9 Å². The van der Waals surface area contributed by atoms with E-state index in [9.17, 15) is 9.59 Å². The topological polar surface area (TPSA) is 92.3 Å². The normalized spacial score (nSPS) is 26.8. The molecule has 2 fully saturated rings. The Bertz CT molecular complexity index is 834. The van der Waals surface area contributed by atoms with Gasteiger partial charge in [-0.3, -0.25) is 4.79 Å². The van der Waals surface area contributed by atoms with E-state index >= 15 is 0 Å². The maximum absolute atomic E-state index is 13.0. The van der Waals surface area contributed by atoms with Crippen LogP contribution in [0.3, 0.4) is 0 Å². The quantitative estimate of drug-likeness (QED) is 0.427. The summed E-state index contributed by atoms with van der Waals surface area (Å²) in [4.78, 5) is 25.2. The van der Waals surface area contributed by atoms with E-state index in [1.54, 1.807) is 11.8 Å². The maximum Gasteiger partial charge on any atom is 0.328 e. The number of carbonyl (C=O) groups is 2. The van der Waals surface area contributed by atoms with Crippen LogP contribution in [0.25, 0.3) is 0 Å². The van der Waals surface area contributed by atoms with Gasteiger partial charge in [-0.15, -0.1) is 0 Å². The van der Waals surface area contributed by atoms with E-state index in [0.717, 1.165) is 17.7 Å². The highest BCUT2D eigenvalue weighted by Crippen LogP contribution is 2.43. The SMILES string of the molecule is CCCSC(CC(=O)N[C@H](C(=O)OC)C(C)C)[C@H]1O[C@@H](OCc2ccccc2)[C@@H]2OC(C)(C)O[C@@H]21. The van der Waals surface area contributed by atoms with Gasteiger partial charge in [0, 0.05) is 11.7 Å². The van der Waals surface area contributed by atoms with Crippen molar-refractivity contribution in [3.63, 3.8) is 0 Å². The summed E-state index contributed by atoms with van der Waals surface area (Å²) in [6.45, 7) is 9.97. The number of fused-ring (bicyclic) bond motifs is 1. The molecule has 2 aliphatic rings. The van der Waals surface area contributed by atoms with Crippen LogP contribution in [0.15, 0.2) is 30.3 Å². The molecule has 6 atom stereocenters. The van der Waals surface area contributed by atoms with E-state index in [2.05, 4.69) is 12.2 Å². The van der Waals surface area contributed by atoms with Gasteiger partial charge in [-0.2, -0.15) is 11.8 Å². The summed E-state index contributed by atoms with van der Waals surface area (Å²) in [5.74, 6) is -0.689. The molecule has 3 rings (SSSR count). The van der Waals surface area contributed by atoms with E-state index in [0.29, 0.717) is 6.61 Å². The second-order valence-corrected chi connectivity index (χ2v) is 11.1. The number of carbonyl (C=O) groups excluding carboxylic acids is 2. The van der Waals surface area contributed by atoms with Gasteiger partial charge in [-0.25, -0.2) is 4.79 Å². The molecule has 9 heteroatoms. The van der Waals surface area contributed by atoms with E-state index in [4.69, 9.17) is 23.7 Å². The van der Waals surface area contributed by atoms with Crippen LogP contribution in [-0.2, 0) is 39.9 Å². The fraction of sp³-hybridized carbons (Fsp3) is 0.692. The Balaban J connectivity index is 1.73. The molecule has 1 unspecified atom stereocenters. The minimum atomic E-state index is -0.776. The zero-order valence-corrected chi connectivity index (χ0v) is 22.3. The Morgan fingerprint density at radius 3 is 2.46 bits per heavy atom. The number of ether oxygens (including phenoxy) is 5. The van der Waals surface area contributed by atoms with Crippen molar-refractivity contribution in [2.45, 2.75) is 95.7 Å². The molecule has 8 nitrogen and oxygen atoms in total. The molecule has 0 aliphatic carbocycles. The van der Waals surface area contributed by atoms with Crippen LogP contribution in [0.5, 0.6) is 0 Å². The molecular formula is C26H39NO7S. The van der Waals surface area contributed by atoms with Crippen LogP contribution in [-0.4, -0.2) is 66.4 Å². The van der Waals surface area contributed by atoms with E-state index < -0.39 is 36.3 Å². The Labute approximate surface area is 212 Å². The van der Waals surface area contributed by atoms with Gasteiger partial charge in [-0.05, 0) is 37.5 Å². The molecule has 2 aliphatic heterocycles. The number of methoxy groups -OCH3 is 1. The van der Waals surface area contributed by atoms with E-state index in [-0.39, 0.29) is 29.6 Å². The zero-order valence-electron chi connectivity index (χ0n) is 21.5. The summed E-state index contributed by atoms with van der Waals surface area (Å²) in [5.41, 5.74) is 1.04. The summed E-state index contributed by atoms with van der Waals surface area (Å²) >= 11 is 1.67. The van der Waals surface area contributed by atoms with Crippen molar-refractivity contribution in [2.75, 3.05) is 12.9 Å². The molecule has 2 heterocycles. The van der Waals surface area contributed by atoms with Crippen LogP contribution >= 0.6 is 11.8 Å². The molecule has 0 bridgehead atoms. The number of hydrogen-bond donors (Lipinski definition) is 1. The monoisotopic (exact) mass is 509 g/mol. The standard InChI is InChI=1S/C26H39NO7S/c1-7-13-35-18(14-19(28)27-20(16(2)3)24(29)30-6)21-22-23(34-26(4,5)33-22)25(32-21)31-15-17-11-9-8-10-12-17/h8-12,16,18,20-23,25H,7,13-15H2,1-6H3,(H,27,28)/t18?,20-,21+,22+,23+,25+/m0/s1. The van der Waals surface area contributed by atoms with Crippen LogP contribution < -0.4 is 5.32 Å². The number of rotatable bonds is 12. The van der Waals surface area contributed by atoms with Crippen molar-refractivity contribution in [1.29, 1.82) is 0 Å². The highest BCUT2D eigenvalue weighted by Gasteiger charge is 2.57. The zero-order chi connectivity index (χ0) is 25.6. The molecular weight excluding hydrogens is 470 g/mol. The fourth-order valence-corrected chi connectivity index (χ4v) is 5.57. The molecule has 1 aromatic rings. The molecule has 196 valence electrons. The van der Waals surface area contributed by atoms with Crippen LogP contribution in [0.2, 0.25) is 0 Å². The second-order valence-electron chi connectivity index (χ2n) is 9.76. The van der Waals surface area contributed by atoms with Gasteiger partial charge < -0.3 is 29.0 Å². The van der Waals surface area contributed by atoms with Gasteiger partial charge >= 0.3 is 5.97 Å². The van der Waals surface area contributed by atoms with Gasteiger partial charge in [0.15, 0.2) is 12.1 Å². The van der Waals surface area contributed by atoms with Gasteiger partial charge in [0.25, 0.3) is 0 Å². The molecule has 1 amide bonds. The Kier molecular flexibility index (Phi) is 10.0.